The predicted molar refractivity (Wildman–Crippen MR) is 104 cm³/mol. The molecule has 6 heteroatoms. The second-order valence-electron chi connectivity index (χ2n) is 7.40. The third kappa shape index (κ3) is 3.46. The Morgan fingerprint density at radius 1 is 1.23 bits per heavy atom. The number of amides is 1. The van der Waals surface area contributed by atoms with Crippen LogP contribution in [0.4, 0.5) is 11.4 Å². The van der Waals surface area contributed by atoms with Crippen LogP contribution in [0.2, 0.25) is 0 Å². The van der Waals surface area contributed by atoms with Crippen molar-refractivity contribution in [1.82, 2.24) is 10.1 Å². The van der Waals surface area contributed by atoms with Crippen LogP contribution >= 0.6 is 0 Å². The highest BCUT2D eigenvalue weighted by Crippen LogP contribution is 2.35. The summed E-state index contributed by atoms with van der Waals surface area (Å²) in [7, 11) is 4.15. The zero-order valence-corrected chi connectivity index (χ0v) is 16.3. The lowest BCUT2D eigenvalue weighted by Gasteiger charge is -2.38. The third-order valence-corrected chi connectivity index (χ3v) is 4.80. The number of hydrogen-bond donors (Lipinski definition) is 0. The number of hydrogen-bond acceptors (Lipinski definition) is 5. The first-order valence-corrected chi connectivity index (χ1v) is 9.17. The number of aryl methyl sites for hydroxylation is 1. The van der Waals surface area contributed by atoms with Gasteiger partial charge in [-0.3, -0.25) is 4.79 Å². The molecule has 1 aromatic heterocycles. The van der Waals surface area contributed by atoms with Crippen molar-refractivity contribution in [2.45, 2.75) is 26.7 Å². The highest BCUT2D eigenvalue weighted by molar-refractivity contribution is 6.09. The summed E-state index contributed by atoms with van der Waals surface area (Å²) in [4.78, 5) is 19.7. The normalized spacial score (nSPS) is 14.3. The molecular weight excluding hydrogens is 328 g/mol. The van der Waals surface area contributed by atoms with Gasteiger partial charge in [-0.15, -0.1) is 0 Å². The number of para-hydroxylation sites is 2. The zero-order chi connectivity index (χ0) is 18.8. The van der Waals surface area contributed by atoms with Crippen LogP contribution in [0.1, 0.15) is 41.6 Å². The Hall–Kier alpha value is -2.34. The van der Waals surface area contributed by atoms with Gasteiger partial charge in [-0.05, 0) is 33.2 Å². The number of fused-ring (bicyclic) bond motifs is 1. The topological polar surface area (TPSA) is 52.8 Å². The largest absolute Gasteiger partial charge is 0.367 e. The molecule has 0 spiro atoms. The first kappa shape index (κ1) is 18.5. The molecule has 2 aromatic rings. The molecule has 0 atom stereocenters. The van der Waals surface area contributed by atoms with Crippen molar-refractivity contribution in [3.8, 4) is 0 Å². The SMILES string of the molecule is Cc1noc(C(C)C)c1C(=O)N1CCN(CCN(C)C)c2ccccc21. The van der Waals surface area contributed by atoms with Crippen molar-refractivity contribution < 1.29 is 9.32 Å². The molecule has 1 aliphatic heterocycles. The van der Waals surface area contributed by atoms with E-state index in [-0.39, 0.29) is 11.8 Å². The Morgan fingerprint density at radius 2 is 1.92 bits per heavy atom. The Balaban J connectivity index is 1.93. The van der Waals surface area contributed by atoms with Gasteiger partial charge >= 0.3 is 0 Å². The second kappa shape index (κ2) is 7.50. The molecule has 0 N–H and O–H groups in total. The van der Waals surface area contributed by atoms with E-state index < -0.39 is 0 Å². The average Bonchev–Trinajstić information content (AvgIpc) is 3.00. The van der Waals surface area contributed by atoms with Crippen LogP contribution in [0.5, 0.6) is 0 Å². The lowest BCUT2D eigenvalue weighted by atomic mass is 10.0. The molecule has 1 aliphatic rings. The van der Waals surface area contributed by atoms with Crippen LogP contribution in [-0.2, 0) is 0 Å². The minimum absolute atomic E-state index is 0.0211. The van der Waals surface area contributed by atoms with E-state index in [1.54, 1.807) is 0 Å². The summed E-state index contributed by atoms with van der Waals surface area (Å²) in [6, 6.07) is 8.12. The number of aromatic nitrogens is 1. The van der Waals surface area contributed by atoms with Crippen LogP contribution < -0.4 is 9.80 Å². The maximum Gasteiger partial charge on any atom is 0.263 e. The van der Waals surface area contributed by atoms with E-state index >= 15 is 0 Å². The molecule has 0 saturated carbocycles. The molecule has 1 amide bonds. The van der Waals surface area contributed by atoms with E-state index in [4.69, 9.17) is 4.52 Å². The Morgan fingerprint density at radius 3 is 2.58 bits per heavy atom. The molecule has 2 heterocycles. The second-order valence-corrected chi connectivity index (χ2v) is 7.40. The summed E-state index contributed by atoms with van der Waals surface area (Å²) in [6.07, 6.45) is 0. The van der Waals surface area contributed by atoms with Gasteiger partial charge in [-0.25, -0.2) is 0 Å². The number of likely N-dealkylation sites (N-methyl/N-ethyl adjacent to an activating group) is 1. The van der Waals surface area contributed by atoms with E-state index in [0.717, 1.165) is 31.0 Å². The number of nitrogens with zero attached hydrogens (tertiary/aromatic N) is 4. The van der Waals surface area contributed by atoms with Crippen molar-refractivity contribution >= 4 is 17.3 Å². The van der Waals surface area contributed by atoms with E-state index in [2.05, 4.69) is 35.1 Å². The molecule has 6 nitrogen and oxygen atoms in total. The highest BCUT2D eigenvalue weighted by Gasteiger charge is 2.31. The first-order chi connectivity index (χ1) is 12.4. The molecule has 3 rings (SSSR count). The fourth-order valence-corrected chi connectivity index (χ4v) is 3.36. The van der Waals surface area contributed by atoms with E-state index in [1.807, 2.05) is 43.9 Å². The van der Waals surface area contributed by atoms with Crippen molar-refractivity contribution in [3.63, 3.8) is 0 Å². The van der Waals surface area contributed by atoms with E-state index in [1.165, 1.54) is 0 Å². The van der Waals surface area contributed by atoms with Crippen LogP contribution in [0.3, 0.4) is 0 Å². The van der Waals surface area contributed by atoms with Gasteiger partial charge in [0.15, 0.2) is 5.76 Å². The van der Waals surface area contributed by atoms with Gasteiger partial charge in [0.1, 0.15) is 5.56 Å². The molecule has 0 bridgehead atoms. The van der Waals surface area contributed by atoms with Gasteiger partial charge in [0.05, 0.1) is 17.1 Å². The highest BCUT2D eigenvalue weighted by atomic mass is 16.5. The van der Waals surface area contributed by atoms with Crippen LogP contribution in [0.15, 0.2) is 28.8 Å². The predicted octanol–water partition coefficient (Wildman–Crippen LogP) is 3.13. The van der Waals surface area contributed by atoms with Crippen molar-refractivity contribution in [2.75, 3.05) is 50.1 Å². The third-order valence-electron chi connectivity index (χ3n) is 4.80. The Labute approximate surface area is 155 Å². The fourth-order valence-electron chi connectivity index (χ4n) is 3.36. The van der Waals surface area contributed by atoms with Crippen molar-refractivity contribution in [1.29, 1.82) is 0 Å². The fraction of sp³-hybridized carbons (Fsp3) is 0.500. The van der Waals surface area contributed by atoms with Crippen molar-refractivity contribution in [3.05, 3.63) is 41.3 Å². The van der Waals surface area contributed by atoms with Crippen LogP contribution in [0, 0.1) is 6.92 Å². The average molecular weight is 356 g/mol. The smallest absolute Gasteiger partial charge is 0.263 e. The minimum atomic E-state index is -0.0211. The molecule has 0 fully saturated rings. The number of carbonyl (C=O) groups is 1. The summed E-state index contributed by atoms with van der Waals surface area (Å²) in [6.45, 7) is 9.26. The number of carbonyl (C=O) groups excluding carboxylic acids is 1. The molecular formula is C20H28N4O2. The Bertz CT molecular complexity index is 782. The Kier molecular flexibility index (Phi) is 5.32. The van der Waals surface area contributed by atoms with Gasteiger partial charge in [0, 0.05) is 32.1 Å². The van der Waals surface area contributed by atoms with Gasteiger partial charge in [-0.2, -0.15) is 0 Å². The minimum Gasteiger partial charge on any atom is -0.367 e. The number of benzene rings is 1. The van der Waals surface area contributed by atoms with Gasteiger partial charge in [-0.1, -0.05) is 31.1 Å². The standard InChI is InChI=1S/C20H28N4O2/c1-14(2)19-18(15(3)21-26-19)20(25)24-13-12-23(11-10-22(4)5)16-8-6-7-9-17(16)24/h6-9,14H,10-13H2,1-5H3. The zero-order valence-electron chi connectivity index (χ0n) is 16.3. The van der Waals surface area contributed by atoms with Gasteiger partial charge in [0.25, 0.3) is 5.91 Å². The molecule has 0 radical (unpaired) electrons. The monoisotopic (exact) mass is 356 g/mol. The van der Waals surface area contributed by atoms with Gasteiger partial charge < -0.3 is 19.2 Å². The van der Waals surface area contributed by atoms with Crippen molar-refractivity contribution in [2.24, 2.45) is 0 Å². The van der Waals surface area contributed by atoms with E-state index in [0.29, 0.717) is 23.6 Å². The molecule has 1 aromatic carbocycles. The van der Waals surface area contributed by atoms with Crippen LogP contribution in [0.25, 0.3) is 0 Å². The van der Waals surface area contributed by atoms with E-state index in [9.17, 15) is 4.79 Å². The maximum absolute atomic E-state index is 13.3. The first-order valence-electron chi connectivity index (χ1n) is 9.17. The summed E-state index contributed by atoms with van der Waals surface area (Å²) < 4.78 is 5.43. The summed E-state index contributed by atoms with van der Waals surface area (Å²) in [5.74, 6) is 0.763. The molecule has 0 saturated heterocycles. The molecule has 0 aliphatic carbocycles. The van der Waals surface area contributed by atoms with Crippen LogP contribution in [-0.4, -0.2) is 56.2 Å². The lowest BCUT2D eigenvalue weighted by molar-refractivity contribution is 0.0983. The quantitative estimate of drug-likeness (QED) is 0.824. The molecule has 0 unspecified atom stereocenters. The number of anilines is 2. The summed E-state index contributed by atoms with van der Waals surface area (Å²) >= 11 is 0. The summed E-state index contributed by atoms with van der Waals surface area (Å²) in [5, 5.41) is 4.04. The van der Waals surface area contributed by atoms with Gasteiger partial charge in [0.2, 0.25) is 0 Å². The molecule has 26 heavy (non-hydrogen) atoms. The molecule has 140 valence electrons. The number of rotatable bonds is 5. The lowest BCUT2D eigenvalue weighted by Crippen LogP contribution is -2.46. The summed E-state index contributed by atoms with van der Waals surface area (Å²) in [5.41, 5.74) is 3.33. The maximum atomic E-state index is 13.3.